The number of ether oxygens (including phenoxy) is 1. The summed E-state index contributed by atoms with van der Waals surface area (Å²) in [5, 5.41) is 3.33. The number of piperazine rings is 1. The van der Waals surface area contributed by atoms with E-state index < -0.39 is 10.0 Å². The third kappa shape index (κ3) is 6.91. The lowest BCUT2D eigenvalue weighted by Gasteiger charge is -2.38. The van der Waals surface area contributed by atoms with Gasteiger partial charge in [0.05, 0.1) is 19.1 Å². The highest BCUT2D eigenvalue weighted by Gasteiger charge is 2.21. The van der Waals surface area contributed by atoms with E-state index in [1.807, 2.05) is 25.1 Å². The molecule has 1 aliphatic heterocycles. The van der Waals surface area contributed by atoms with Crippen LogP contribution in [0.3, 0.4) is 0 Å². The Hall–Kier alpha value is -2.00. The number of aliphatic imine (C=N–C) groups is 1. The van der Waals surface area contributed by atoms with E-state index in [0.717, 1.165) is 50.1 Å². The molecule has 1 aromatic rings. The highest BCUT2D eigenvalue weighted by molar-refractivity contribution is 7.88. The van der Waals surface area contributed by atoms with E-state index in [9.17, 15) is 8.42 Å². The van der Waals surface area contributed by atoms with Gasteiger partial charge in [0.15, 0.2) is 5.96 Å². The summed E-state index contributed by atoms with van der Waals surface area (Å²) in [4.78, 5) is 9.22. The van der Waals surface area contributed by atoms with Gasteiger partial charge in [0.25, 0.3) is 0 Å². The summed E-state index contributed by atoms with van der Waals surface area (Å²) in [6, 6.07) is 8.08. The van der Waals surface area contributed by atoms with Crippen molar-refractivity contribution in [1.29, 1.82) is 0 Å². The minimum Gasteiger partial charge on any atom is -0.495 e. The van der Waals surface area contributed by atoms with E-state index in [0.29, 0.717) is 19.5 Å². The van der Waals surface area contributed by atoms with Crippen LogP contribution < -0.4 is 19.7 Å². The van der Waals surface area contributed by atoms with Crippen molar-refractivity contribution in [3.8, 4) is 5.75 Å². The molecular weight excluding hydrogens is 366 g/mol. The lowest BCUT2D eigenvalue weighted by atomic mass is 10.2. The Labute approximate surface area is 162 Å². The smallest absolute Gasteiger partial charge is 0.208 e. The summed E-state index contributed by atoms with van der Waals surface area (Å²) in [5.41, 5.74) is 1.12. The van der Waals surface area contributed by atoms with Crippen LogP contribution in [0.5, 0.6) is 5.75 Å². The highest BCUT2D eigenvalue weighted by atomic mass is 32.2. The Morgan fingerprint density at radius 3 is 2.56 bits per heavy atom. The first-order chi connectivity index (χ1) is 12.9. The molecule has 152 valence electrons. The first kappa shape index (κ1) is 21.3. The van der Waals surface area contributed by atoms with Crippen molar-refractivity contribution in [2.75, 3.05) is 64.1 Å². The van der Waals surface area contributed by atoms with Crippen LogP contribution >= 0.6 is 0 Å². The summed E-state index contributed by atoms with van der Waals surface area (Å²) in [6.45, 7) is 7.34. The molecule has 27 heavy (non-hydrogen) atoms. The van der Waals surface area contributed by atoms with Gasteiger partial charge < -0.3 is 19.9 Å². The Kier molecular flexibility index (Phi) is 8.18. The predicted molar refractivity (Wildman–Crippen MR) is 110 cm³/mol. The van der Waals surface area contributed by atoms with Crippen LogP contribution in [-0.4, -0.2) is 78.5 Å². The molecule has 0 spiro atoms. The maximum atomic E-state index is 11.1. The molecule has 1 saturated heterocycles. The lowest BCUT2D eigenvalue weighted by molar-refractivity contribution is 0.367. The minimum atomic E-state index is -3.13. The van der Waals surface area contributed by atoms with Gasteiger partial charge in [-0.1, -0.05) is 12.1 Å². The van der Waals surface area contributed by atoms with Gasteiger partial charge in [-0.05, 0) is 25.5 Å². The van der Waals surface area contributed by atoms with E-state index in [1.165, 1.54) is 6.26 Å². The van der Waals surface area contributed by atoms with Crippen LogP contribution in [0.15, 0.2) is 29.3 Å². The normalized spacial score (nSPS) is 15.7. The second-order valence-electron chi connectivity index (χ2n) is 6.40. The van der Waals surface area contributed by atoms with E-state index in [4.69, 9.17) is 4.74 Å². The zero-order valence-corrected chi connectivity index (χ0v) is 17.3. The SMILES string of the molecule is CCNC(=NCCCNS(C)(=O)=O)N1CCN(c2ccccc2OC)CC1. The molecule has 1 aromatic carbocycles. The van der Waals surface area contributed by atoms with Gasteiger partial charge in [-0.2, -0.15) is 0 Å². The Bertz CT molecular complexity index is 715. The molecule has 0 atom stereocenters. The van der Waals surface area contributed by atoms with Crippen LogP contribution in [-0.2, 0) is 10.0 Å². The third-order valence-electron chi connectivity index (χ3n) is 4.30. The summed E-state index contributed by atoms with van der Waals surface area (Å²) >= 11 is 0. The van der Waals surface area contributed by atoms with Crippen molar-refractivity contribution >= 4 is 21.7 Å². The average Bonchev–Trinajstić information content (AvgIpc) is 2.66. The van der Waals surface area contributed by atoms with E-state index in [2.05, 4.69) is 30.9 Å². The summed E-state index contributed by atoms with van der Waals surface area (Å²) in [7, 11) is -1.44. The second kappa shape index (κ2) is 10.4. The third-order valence-corrected chi connectivity index (χ3v) is 5.03. The Morgan fingerprint density at radius 1 is 1.22 bits per heavy atom. The average molecular weight is 398 g/mol. The number of benzene rings is 1. The topological polar surface area (TPSA) is 86.3 Å². The fraction of sp³-hybridized carbons (Fsp3) is 0.611. The molecule has 9 heteroatoms. The molecule has 0 radical (unpaired) electrons. The standard InChI is InChI=1S/C18H31N5O3S/c1-4-19-18(20-10-7-11-21-27(3,24)25)23-14-12-22(13-15-23)16-8-5-6-9-17(16)26-2/h5-6,8-9,21H,4,7,10-15H2,1-3H3,(H,19,20). The lowest BCUT2D eigenvalue weighted by Crippen LogP contribution is -2.52. The van der Waals surface area contributed by atoms with E-state index >= 15 is 0 Å². The fourth-order valence-corrected chi connectivity index (χ4v) is 3.51. The molecule has 1 aliphatic rings. The van der Waals surface area contributed by atoms with Crippen molar-refractivity contribution in [1.82, 2.24) is 14.9 Å². The molecule has 0 amide bonds. The first-order valence-electron chi connectivity index (χ1n) is 9.30. The van der Waals surface area contributed by atoms with Crippen LogP contribution in [0.25, 0.3) is 0 Å². The molecular formula is C18H31N5O3S. The van der Waals surface area contributed by atoms with E-state index in [-0.39, 0.29) is 0 Å². The zero-order chi connectivity index (χ0) is 19.7. The predicted octanol–water partition coefficient (Wildman–Crippen LogP) is 0.722. The van der Waals surface area contributed by atoms with Crippen molar-refractivity contribution in [2.45, 2.75) is 13.3 Å². The number of methoxy groups -OCH3 is 1. The number of guanidine groups is 1. The molecule has 0 aliphatic carbocycles. The first-order valence-corrected chi connectivity index (χ1v) is 11.2. The molecule has 0 bridgehead atoms. The highest BCUT2D eigenvalue weighted by Crippen LogP contribution is 2.28. The molecule has 1 heterocycles. The Balaban J connectivity index is 1.89. The van der Waals surface area contributed by atoms with Crippen molar-refractivity contribution in [3.05, 3.63) is 24.3 Å². The van der Waals surface area contributed by atoms with Crippen LogP contribution in [0.4, 0.5) is 5.69 Å². The number of sulfonamides is 1. The number of nitrogens with one attached hydrogen (secondary N) is 2. The number of para-hydroxylation sites is 2. The maximum absolute atomic E-state index is 11.1. The van der Waals surface area contributed by atoms with Gasteiger partial charge in [-0.15, -0.1) is 0 Å². The van der Waals surface area contributed by atoms with Gasteiger partial charge >= 0.3 is 0 Å². The molecule has 8 nitrogen and oxygen atoms in total. The summed E-state index contributed by atoms with van der Waals surface area (Å²) < 4.78 is 30.1. The maximum Gasteiger partial charge on any atom is 0.208 e. The number of rotatable bonds is 8. The summed E-state index contributed by atoms with van der Waals surface area (Å²) in [5.74, 6) is 1.78. The Morgan fingerprint density at radius 2 is 1.93 bits per heavy atom. The van der Waals surface area contributed by atoms with Gasteiger partial charge in [0.1, 0.15) is 5.75 Å². The molecule has 0 unspecified atom stereocenters. The fourth-order valence-electron chi connectivity index (χ4n) is 3.00. The largest absolute Gasteiger partial charge is 0.495 e. The number of hydrogen-bond acceptors (Lipinski definition) is 5. The van der Waals surface area contributed by atoms with E-state index in [1.54, 1.807) is 7.11 Å². The number of anilines is 1. The van der Waals surface area contributed by atoms with Crippen molar-refractivity contribution in [3.63, 3.8) is 0 Å². The van der Waals surface area contributed by atoms with Gasteiger partial charge in [0.2, 0.25) is 10.0 Å². The second-order valence-corrected chi connectivity index (χ2v) is 8.23. The quantitative estimate of drug-likeness (QED) is 0.382. The van der Waals surface area contributed by atoms with Crippen LogP contribution in [0.2, 0.25) is 0 Å². The van der Waals surface area contributed by atoms with Gasteiger partial charge in [-0.3, -0.25) is 4.99 Å². The molecule has 1 fully saturated rings. The van der Waals surface area contributed by atoms with Crippen molar-refractivity contribution in [2.24, 2.45) is 4.99 Å². The van der Waals surface area contributed by atoms with Crippen molar-refractivity contribution < 1.29 is 13.2 Å². The molecule has 0 saturated carbocycles. The summed E-state index contributed by atoms with van der Waals surface area (Å²) in [6.07, 6.45) is 1.84. The van der Waals surface area contributed by atoms with Crippen LogP contribution in [0, 0.1) is 0 Å². The monoisotopic (exact) mass is 397 g/mol. The van der Waals surface area contributed by atoms with Gasteiger partial charge in [-0.25, -0.2) is 13.1 Å². The molecule has 2 N–H and O–H groups in total. The van der Waals surface area contributed by atoms with Crippen LogP contribution in [0.1, 0.15) is 13.3 Å². The number of nitrogens with zero attached hydrogens (tertiary/aromatic N) is 3. The number of hydrogen-bond donors (Lipinski definition) is 2. The molecule has 2 rings (SSSR count). The zero-order valence-electron chi connectivity index (χ0n) is 16.4. The minimum absolute atomic E-state index is 0.406. The van der Waals surface area contributed by atoms with Gasteiger partial charge in [0, 0.05) is 45.8 Å². The molecule has 0 aromatic heterocycles.